The molecule has 0 aliphatic carbocycles. The lowest BCUT2D eigenvalue weighted by Crippen LogP contribution is -2.02. The first kappa shape index (κ1) is 15.3. The summed E-state index contributed by atoms with van der Waals surface area (Å²) in [4.78, 5) is 8.89. The summed E-state index contributed by atoms with van der Waals surface area (Å²) in [6.07, 6.45) is 1.85. The van der Waals surface area contributed by atoms with Crippen molar-refractivity contribution in [1.29, 1.82) is 0 Å². The molecule has 1 heterocycles. The number of nitrogens with zero attached hydrogens (tertiary/aromatic N) is 2. The summed E-state index contributed by atoms with van der Waals surface area (Å²) in [5.41, 5.74) is 1.25. The molecule has 1 aromatic heterocycles. The molecule has 0 radical (unpaired) electrons. The van der Waals surface area contributed by atoms with Crippen molar-refractivity contribution in [3.63, 3.8) is 0 Å². The molecule has 0 spiro atoms. The fourth-order valence-electron chi connectivity index (χ4n) is 2.05. The van der Waals surface area contributed by atoms with Crippen molar-refractivity contribution >= 4 is 5.82 Å². The van der Waals surface area contributed by atoms with E-state index in [4.69, 9.17) is 4.74 Å². The predicted octanol–water partition coefficient (Wildman–Crippen LogP) is 4.39. The van der Waals surface area contributed by atoms with Crippen LogP contribution in [-0.2, 0) is 6.42 Å². The third-order valence-electron chi connectivity index (χ3n) is 3.23. The maximum Gasteiger partial charge on any atom is 0.224 e. The number of hydrogen-bond donors (Lipinski definition) is 1. The number of aryl methyl sites for hydroxylation is 1. The summed E-state index contributed by atoms with van der Waals surface area (Å²) < 4.78 is 5.91. The zero-order chi connectivity index (χ0) is 15.2. The molecule has 0 aliphatic rings. The Morgan fingerprint density at radius 3 is 2.67 bits per heavy atom. The van der Waals surface area contributed by atoms with E-state index >= 15 is 0 Å². The van der Waals surface area contributed by atoms with E-state index in [0.29, 0.717) is 11.8 Å². The highest BCUT2D eigenvalue weighted by Gasteiger charge is 2.07. The summed E-state index contributed by atoms with van der Waals surface area (Å²) >= 11 is 0. The van der Waals surface area contributed by atoms with Gasteiger partial charge in [0.1, 0.15) is 17.4 Å². The third kappa shape index (κ3) is 4.18. The molecule has 0 amide bonds. The van der Waals surface area contributed by atoms with Gasteiger partial charge < -0.3 is 10.1 Å². The maximum atomic E-state index is 5.91. The fourth-order valence-corrected chi connectivity index (χ4v) is 2.05. The average molecular weight is 285 g/mol. The molecular formula is C17H23N3O. The van der Waals surface area contributed by atoms with Crippen LogP contribution >= 0.6 is 0 Å². The van der Waals surface area contributed by atoms with Gasteiger partial charge in [-0.1, -0.05) is 32.9 Å². The van der Waals surface area contributed by atoms with Crippen molar-refractivity contribution in [2.45, 2.75) is 39.5 Å². The fraction of sp³-hybridized carbons (Fsp3) is 0.412. The van der Waals surface area contributed by atoms with Crippen LogP contribution < -0.4 is 10.1 Å². The molecule has 0 bridgehead atoms. The highest BCUT2D eigenvalue weighted by atomic mass is 16.5. The van der Waals surface area contributed by atoms with Gasteiger partial charge in [0.25, 0.3) is 0 Å². The molecular weight excluding hydrogens is 262 g/mol. The highest BCUT2D eigenvalue weighted by molar-refractivity contribution is 5.40. The van der Waals surface area contributed by atoms with E-state index in [1.54, 1.807) is 0 Å². The Morgan fingerprint density at radius 2 is 2.00 bits per heavy atom. The summed E-state index contributed by atoms with van der Waals surface area (Å²) in [6, 6.07) is 9.95. The number of hydrogen-bond acceptors (Lipinski definition) is 4. The second-order valence-corrected chi connectivity index (χ2v) is 5.34. The van der Waals surface area contributed by atoms with Crippen LogP contribution in [0.3, 0.4) is 0 Å². The smallest absolute Gasteiger partial charge is 0.224 e. The standard InChI is InChI=1S/C17H23N3O/c1-5-7-15-19-16(18-4)11-17(20-15)21-14-9-6-8-13(10-14)12(2)3/h6,8-12H,5,7H2,1-4H3,(H,18,19,20). The SMILES string of the molecule is CCCc1nc(NC)cc(Oc2cccc(C(C)C)c2)n1. The molecule has 112 valence electrons. The number of aromatic nitrogens is 2. The zero-order valence-corrected chi connectivity index (χ0v) is 13.2. The van der Waals surface area contributed by atoms with Gasteiger partial charge in [-0.15, -0.1) is 0 Å². The molecule has 0 fully saturated rings. The molecule has 0 aliphatic heterocycles. The summed E-state index contributed by atoms with van der Waals surface area (Å²) in [5.74, 6) is 3.45. The van der Waals surface area contributed by atoms with Crippen molar-refractivity contribution in [2.75, 3.05) is 12.4 Å². The molecule has 0 atom stereocenters. The summed E-state index contributed by atoms with van der Waals surface area (Å²) in [6.45, 7) is 6.45. The zero-order valence-electron chi connectivity index (χ0n) is 13.2. The molecule has 0 saturated heterocycles. The lowest BCUT2D eigenvalue weighted by molar-refractivity contribution is 0.458. The van der Waals surface area contributed by atoms with E-state index in [1.165, 1.54) is 5.56 Å². The van der Waals surface area contributed by atoms with E-state index in [0.717, 1.165) is 30.2 Å². The van der Waals surface area contributed by atoms with E-state index < -0.39 is 0 Å². The van der Waals surface area contributed by atoms with Crippen molar-refractivity contribution in [3.8, 4) is 11.6 Å². The Bertz CT molecular complexity index is 596. The molecule has 0 saturated carbocycles. The topological polar surface area (TPSA) is 47.0 Å². The first-order valence-electron chi connectivity index (χ1n) is 7.46. The molecule has 0 unspecified atom stereocenters. The number of nitrogens with one attached hydrogen (secondary N) is 1. The summed E-state index contributed by atoms with van der Waals surface area (Å²) in [5, 5.41) is 3.05. The van der Waals surface area contributed by atoms with Crippen LogP contribution in [0.15, 0.2) is 30.3 Å². The van der Waals surface area contributed by atoms with Gasteiger partial charge in [0, 0.05) is 19.5 Å². The van der Waals surface area contributed by atoms with Crippen LogP contribution in [-0.4, -0.2) is 17.0 Å². The Hall–Kier alpha value is -2.10. The first-order chi connectivity index (χ1) is 10.1. The van der Waals surface area contributed by atoms with E-state index in [2.05, 4.69) is 48.2 Å². The molecule has 4 heteroatoms. The van der Waals surface area contributed by atoms with Crippen LogP contribution in [0.5, 0.6) is 11.6 Å². The average Bonchev–Trinajstić information content (AvgIpc) is 2.47. The van der Waals surface area contributed by atoms with Crippen molar-refractivity contribution in [1.82, 2.24) is 9.97 Å². The minimum absolute atomic E-state index is 0.475. The van der Waals surface area contributed by atoms with Crippen LogP contribution in [0, 0.1) is 0 Å². The maximum absolute atomic E-state index is 5.91. The first-order valence-corrected chi connectivity index (χ1v) is 7.46. The Kier molecular flexibility index (Phi) is 5.14. The van der Waals surface area contributed by atoms with Crippen molar-refractivity contribution in [3.05, 3.63) is 41.7 Å². The monoisotopic (exact) mass is 285 g/mol. The number of rotatable bonds is 6. The summed E-state index contributed by atoms with van der Waals surface area (Å²) in [7, 11) is 1.85. The predicted molar refractivity (Wildman–Crippen MR) is 86.2 cm³/mol. The van der Waals surface area contributed by atoms with Gasteiger partial charge in [0.2, 0.25) is 5.88 Å². The van der Waals surface area contributed by atoms with Crippen LogP contribution in [0.1, 0.15) is 44.5 Å². The number of ether oxygens (including phenoxy) is 1. The number of anilines is 1. The largest absolute Gasteiger partial charge is 0.439 e. The molecule has 1 N–H and O–H groups in total. The minimum Gasteiger partial charge on any atom is -0.439 e. The highest BCUT2D eigenvalue weighted by Crippen LogP contribution is 2.25. The molecule has 21 heavy (non-hydrogen) atoms. The Morgan fingerprint density at radius 1 is 1.19 bits per heavy atom. The Labute approximate surface area is 126 Å². The van der Waals surface area contributed by atoms with Gasteiger partial charge in [-0.3, -0.25) is 0 Å². The number of benzene rings is 1. The van der Waals surface area contributed by atoms with Gasteiger partial charge in [0.15, 0.2) is 0 Å². The van der Waals surface area contributed by atoms with Crippen LogP contribution in [0.25, 0.3) is 0 Å². The quantitative estimate of drug-likeness (QED) is 0.855. The van der Waals surface area contributed by atoms with E-state index in [9.17, 15) is 0 Å². The molecule has 2 rings (SSSR count). The molecule has 1 aromatic carbocycles. The molecule has 4 nitrogen and oxygen atoms in total. The van der Waals surface area contributed by atoms with E-state index in [1.807, 2.05) is 25.2 Å². The Balaban J connectivity index is 2.25. The second kappa shape index (κ2) is 7.07. The lowest BCUT2D eigenvalue weighted by Gasteiger charge is -2.11. The van der Waals surface area contributed by atoms with Gasteiger partial charge in [0.05, 0.1) is 0 Å². The minimum atomic E-state index is 0.475. The van der Waals surface area contributed by atoms with Crippen molar-refractivity contribution < 1.29 is 4.74 Å². The normalized spacial score (nSPS) is 10.7. The van der Waals surface area contributed by atoms with Crippen LogP contribution in [0.2, 0.25) is 0 Å². The van der Waals surface area contributed by atoms with Gasteiger partial charge in [-0.2, -0.15) is 4.98 Å². The van der Waals surface area contributed by atoms with E-state index in [-0.39, 0.29) is 0 Å². The van der Waals surface area contributed by atoms with Crippen LogP contribution in [0.4, 0.5) is 5.82 Å². The lowest BCUT2D eigenvalue weighted by atomic mass is 10.0. The van der Waals surface area contributed by atoms with Gasteiger partial charge in [-0.05, 0) is 30.0 Å². The third-order valence-corrected chi connectivity index (χ3v) is 3.23. The van der Waals surface area contributed by atoms with Gasteiger partial charge in [-0.25, -0.2) is 4.98 Å². The molecule has 2 aromatic rings. The van der Waals surface area contributed by atoms with Crippen molar-refractivity contribution in [2.24, 2.45) is 0 Å². The second-order valence-electron chi connectivity index (χ2n) is 5.34. The van der Waals surface area contributed by atoms with Gasteiger partial charge >= 0.3 is 0 Å².